The molecule has 0 bridgehead atoms. The van der Waals surface area contributed by atoms with Gasteiger partial charge in [0, 0.05) is 7.05 Å². The smallest absolute Gasteiger partial charge is 0.258 e. The average Bonchev–Trinajstić information content (AvgIpc) is 3.26. The van der Waals surface area contributed by atoms with Gasteiger partial charge in [-0.15, -0.1) is 0 Å². The van der Waals surface area contributed by atoms with Crippen molar-refractivity contribution in [3.05, 3.63) is 66.2 Å². The van der Waals surface area contributed by atoms with Crippen molar-refractivity contribution in [1.82, 2.24) is 19.7 Å². The Morgan fingerprint density at radius 1 is 1.11 bits per heavy atom. The molecule has 27 heavy (non-hydrogen) atoms. The van der Waals surface area contributed by atoms with Crippen LogP contribution < -0.4 is 9.47 Å². The monoisotopic (exact) mass is 366 g/mol. The summed E-state index contributed by atoms with van der Waals surface area (Å²) in [4.78, 5) is 18.7. The van der Waals surface area contributed by atoms with E-state index in [9.17, 15) is 4.79 Å². The summed E-state index contributed by atoms with van der Waals surface area (Å²) in [6, 6.07) is 13.0. The van der Waals surface area contributed by atoms with Gasteiger partial charge in [0.15, 0.2) is 11.5 Å². The first-order valence-electron chi connectivity index (χ1n) is 8.50. The summed E-state index contributed by atoms with van der Waals surface area (Å²) < 4.78 is 12.4. The molecule has 0 spiro atoms. The zero-order valence-corrected chi connectivity index (χ0v) is 15.8. The molecule has 3 aromatic rings. The molecule has 0 aliphatic carbocycles. The fraction of sp³-hybridized carbons (Fsp3) is 0.250. The van der Waals surface area contributed by atoms with Gasteiger partial charge in [0.05, 0.1) is 31.5 Å². The van der Waals surface area contributed by atoms with Crippen LogP contribution in [0.5, 0.6) is 11.5 Å². The van der Waals surface area contributed by atoms with Crippen LogP contribution in [0.4, 0.5) is 0 Å². The van der Waals surface area contributed by atoms with Crippen LogP contribution in [0.1, 0.15) is 28.9 Å². The molecule has 0 radical (unpaired) electrons. The predicted octanol–water partition coefficient (Wildman–Crippen LogP) is 3.12. The number of benzene rings is 2. The summed E-state index contributed by atoms with van der Waals surface area (Å²) in [5, 5.41) is 4.11. The van der Waals surface area contributed by atoms with E-state index in [2.05, 4.69) is 10.1 Å². The maximum Gasteiger partial charge on any atom is 0.258 e. The summed E-state index contributed by atoms with van der Waals surface area (Å²) in [7, 11) is 4.85. The van der Waals surface area contributed by atoms with E-state index in [0.717, 1.165) is 11.3 Å². The average molecular weight is 366 g/mol. The maximum atomic E-state index is 13.0. The molecule has 2 aromatic carbocycles. The van der Waals surface area contributed by atoms with Crippen LogP contribution in [0.2, 0.25) is 0 Å². The molecule has 1 heterocycles. The molecule has 1 unspecified atom stereocenters. The van der Waals surface area contributed by atoms with Gasteiger partial charge in [-0.2, -0.15) is 5.10 Å². The topological polar surface area (TPSA) is 69.5 Å². The molecular formula is C20H22N4O3. The van der Waals surface area contributed by atoms with Crippen molar-refractivity contribution in [2.75, 3.05) is 21.3 Å². The van der Waals surface area contributed by atoms with Gasteiger partial charge >= 0.3 is 0 Å². The van der Waals surface area contributed by atoms with Gasteiger partial charge < -0.3 is 14.4 Å². The van der Waals surface area contributed by atoms with Gasteiger partial charge in [-0.3, -0.25) is 4.79 Å². The van der Waals surface area contributed by atoms with Crippen LogP contribution in [-0.4, -0.2) is 46.8 Å². The Bertz CT molecular complexity index is 907. The molecule has 0 fully saturated rings. The van der Waals surface area contributed by atoms with Crippen molar-refractivity contribution in [2.24, 2.45) is 0 Å². The highest BCUT2D eigenvalue weighted by atomic mass is 16.5. The van der Waals surface area contributed by atoms with Crippen molar-refractivity contribution in [3.8, 4) is 17.2 Å². The van der Waals surface area contributed by atoms with Crippen LogP contribution >= 0.6 is 0 Å². The summed E-state index contributed by atoms with van der Waals surface area (Å²) in [6.45, 7) is 1.98. The molecule has 3 rings (SSSR count). The number of para-hydroxylation sites is 1. The van der Waals surface area contributed by atoms with Crippen LogP contribution in [0.3, 0.4) is 0 Å². The lowest BCUT2D eigenvalue weighted by molar-refractivity contribution is 0.0738. The summed E-state index contributed by atoms with van der Waals surface area (Å²) >= 11 is 0. The standard InChI is InChI=1S/C20H22N4O3/c1-14(15-8-10-16(11-9-15)24-13-21-12-22-24)23(2)20(25)17-6-5-7-18(26-3)19(17)27-4/h5-14H,1-4H3. The number of carbonyl (C=O) groups is 1. The Kier molecular flexibility index (Phi) is 5.40. The molecule has 7 nitrogen and oxygen atoms in total. The third-order valence-corrected chi connectivity index (χ3v) is 4.59. The normalized spacial score (nSPS) is 11.7. The fourth-order valence-electron chi connectivity index (χ4n) is 2.89. The van der Waals surface area contributed by atoms with E-state index in [1.54, 1.807) is 48.3 Å². The zero-order valence-electron chi connectivity index (χ0n) is 15.8. The number of ether oxygens (including phenoxy) is 2. The predicted molar refractivity (Wildman–Crippen MR) is 101 cm³/mol. The summed E-state index contributed by atoms with van der Waals surface area (Å²) in [6.07, 6.45) is 3.13. The molecule has 1 aromatic heterocycles. The van der Waals surface area contributed by atoms with E-state index in [1.165, 1.54) is 13.4 Å². The Morgan fingerprint density at radius 3 is 2.44 bits per heavy atom. The minimum atomic E-state index is -0.140. The molecule has 7 heteroatoms. The lowest BCUT2D eigenvalue weighted by atomic mass is 10.1. The molecule has 140 valence electrons. The Labute approximate surface area is 158 Å². The Hall–Kier alpha value is -3.35. The van der Waals surface area contributed by atoms with Gasteiger partial charge in [-0.05, 0) is 36.8 Å². The second-order valence-corrected chi connectivity index (χ2v) is 6.06. The number of methoxy groups -OCH3 is 2. The van der Waals surface area contributed by atoms with Crippen molar-refractivity contribution in [3.63, 3.8) is 0 Å². The number of hydrogen-bond donors (Lipinski definition) is 0. The van der Waals surface area contributed by atoms with Crippen LogP contribution in [-0.2, 0) is 0 Å². The van der Waals surface area contributed by atoms with Crippen LogP contribution in [0.15, 0.2) is 55.1 Å². The highest BCUT2D eigenvalue weighted by Gasteiger charge is 2.23. The first-order chi connectivity index (χ1) is 13.1. The molecule has 0 N–H and O–H groups in total. The van der Waals surface area contributed by atoms with Gasteiger partial charge in [-0.1, -0.05) is 18.2 Å². The number of hydrogen-bond acceptors (Lipinski definition) is 5. The quantitative estimate of drug-likeness (QED) is 0.670. The molecular weight excluding hydrogens is 344 g/mol. The third kappa shape index (κ3) is 3.62. The molecule has 0 saturated carbocycles. The largest absolute Gasteiger partial charge is 0.493 e. The van der Waals surface area contributed by atoms with Gasteiger partial charge in [0.2, 0.25) is 0 Å². The zero-order chi connectivity index (χ0) is 19.4. The van der Waals surface area contributed by atoms with E-state index in [1.807, 2.05) is 31.2 Å². The summed E-state index contributed by atoms with van der Waals surface area (Å²) in [5.74, 6) is 0.825. The minimum Gasteiger partial charge on any atom is -0.493 e. The molecule has 0 saturated heterocycles. The van der Waals surface area contributed by atoms with E-state index >= 15 is 0 Å². The van der Waals surface area contributed by atoms with E-state index < -0.39 is 0 Å². The van der Waals surface area contributed by atoms with Crippen molar-refractivity contribution >= 4 is 5.91 Å². The first-order valence-corrected chi connectivity index (χ1v) is 8.50. The number of amides is 1. The van der Waals surface area contributed by atoms with Crippen molar-refractivity contribution in [1.29, 1.82) is 0 Å². The number of rotatable bonds is 6. The fourth-order valence-corrected chi connectivity index (χ4v) is 2.89. The Morgan fingerprint density at radius 2 is 1.85 bits per heavy atom. The van der Waals surface area contributed by atoms with Gasteiger partial charge in [0.1, 0.15) is 12.7 Å². The maximum absolute atomic E-state index is 13.0. The van der Waals surface area contributed by atoms with Crippen LogP contribution in [0.25, 0.3) is 5.69 Å². The summed E-state index contributed by atoms with van der Waals surface area (Å²) in [5.41, 5.74) is 2.38. The second kappa shape index (κ2) is 7.90. The SMILES string of the molecule is COc1cccc(C(=O)N(C)C(C)c2ccc(-n3cncn3)cc2)c1OC. The van der Waals surface area contributed by atoms with Crippen molar-refractivity contribution < 1.29 is 14.3 Å². The van der Waals surface area contributed by atoms with E-state index in [-0.39, 0.29) is 11.9 Å². The number of nitrogens with zero attached hydrogens (tertiary/aromatic N) is 4. The number of carbonyl (C=O) groups excluding carboxylic acids is 1. The minimum absolute atomic E-state index is 0.127. The lowest BCUT2D eigenvalue weighted by Gasteiger charge is -2.26. The molecule has 0 aliphatic rings. The van der Waals surface area contributed by atoms with E-state index in [0.29, 0.717) is 17.1 Å². The Balaban J connectivity index is 1.83. The molecule has 0 aliphatic heterocycles. The third-order valence-electron chi connectivity index (χ3n) is 4.59. The molecule has 1 atom stereocenters. The van der Waals surface area contributed by atoms with Gasteiger partial charge in [0.25, 0.3) is 5.91 Å². The molecule has 1 amide bonds. The van der Waals surface area contributed by atoms with Crippen LogP contribution in [0, 0.1) is 0 Å². The highest BCUT2D eigenvalue weighted by molar-refractivity contribution is 5.98. The second-order valence-electron chi connectivity index (χ2n) is 6.06. The first kappa shape index (κ1) is 18.4. The lowest BCUT2D eigenvalue weighted by Crippen LogP contribution is -2.30. The van der Waals surface area contributed by atoms with E-state index in [4.69, 9.17) is 9.47 Å². The number of aromatic nitrogens is 3. The highest BCUT2D eigenvalue weighted by Crippen LogP contribution is 2.32. The van der Waals surface area contributed by atoms with Gasteiger partial charge in [-0.25, -0.2) is 9.67 Å². The van der Waals surface area contributed by atoms with Crippen molar-refractivity contribution in [2.45, 2.75) is 13.0 Å².